The lowest BCUT2D eigenvalue weighted by atomic mass is 10.1. The summed E-state index contributed by atoms with van der Waals surface area (Å²) in [5.41, 5.74) is 3.34. The minimum atomic E-state index is -1.34. The van der Waals surface area contributed by atoms with E-state index in [1.807, 2.05) is 0 Å². The van der Waals surface area contributed by atoms with Crippen molar-refractivity contribution in [2.45, 2.75) is 44.7 Å². The van der Waals surface area contributed by atoms with Gasteiger partial charge in [-0.1, -0.05) is 25.7 Å². The first-order valence-electron chi connectivity index (χ1n) is 6.76. The van der Waals surface area contributed by atoms with Gasteiger partial charge in [0.2, 0.25) is 0 Å². The molecule has 0 fully saturated rings. The van der Waals surface area contributed by atoms with Gasteiger partial charge in [-0.15, -0.1) is 18.0 Å². The van der Waals surface area contributed by atoms with Gasteiger partial charge in [-0.3, -0.25) is 0 Å². The van der Waals surface area contributed by atoms with E-state index < -0.39 is 8.07 Å². The van der Waals surface area contributed by atoms with Crippen molar-refractivity contribution in [3.05, 3.63) is 12.7 Å². The molecule has 0 aliphatic rings. The fourth-order valence-electron chi connectivity index (χ4n) is 1.45. The minimum absolute atomic E-state index is 0.0290. The molecule has 0 aromatic rings. The smallest absolute Gasteiger partial charge is 0.147 e. The third-order valence-corrected chi connectivity index (χ3v) is 3.30. The molecule has 0 saturated heterocycles. The van der Waals surface area contributed by atoms with Gasteiger partial charge in [-0.2, -0.15) is 0 Å². The fraction of sp³-hybridized carbons (Fsp3) is 0.733. The van der Waals surface area contributed by atoms with Crippen LogP contribution < -0.4 is 0 Å². The Morgan fingerprint density at radius 3 is 2.20 bits per heavy atom. The summed E-state index contributed by atoms with van der Waals surface area (Å²) in [6, 6.07) is 0. The first-order chi connectivity index (χ1) is 9.42. The van der Waals surface area contributed by atoms with Gasteiger partial charge in [0.1, 0.15) is 21.7 Å². The molecule has 5 heteroatoms. The molecule has 0 N–H and O–H groups in total. The molecule has 116 valence electrons. The Bertz CT molecular complexity index is 314. The Balaban J connectivity index is 4.44. The minimum Gasteiger partial charge on any atom is -0.359 e. The maximum absolute atomic E-state index is 5.64. The molecule has 2 atom stereocenters. The molecule has 0 aliphatic heterocycles. The van der Waals surface area contributed by atoms with Crippen LogP contribution in [0.15, 0.2) is 12.7 Å². The second-order valence-electron chi connectivity index (χ2n) is 5.53. The predicted molar refractivity (Wildman–Crippen MR) is 84.1 cm³/mol. The first-order valence-corrected chi connectivity index (χ1v) is 10.3. The van der Waals surface area contributed by atoms with E-state index in [1.165, 1.54) is 0 Å². The maximum atomic E-state index is 5.64. The van der Waals surface area contributed by atoms with Crippen LogP contribution in [0.3, 0.4) is 0 Å². The molecule has 4 nitrogen and oxygen atoms in total. The Kier molecular flexibility index (Phi) is 10.7. The van der Waals surface area contributed by atoms with Crippen LogP contribution in [0.1, 0.15) is 12.8 Å². The lowest BCUT2D eigenvalue weighted by Gasteiger charge is -2.20. The Hall–Kier alpha value is -0.643. The molecule has 0 aromatic carbocycles. The van der Waals surface area contributed by atoms with Crippen LogP contribution in [0.4, 0.5) is 0 Å². The first kappa shape index (κ1) is 19.4. The van der Waals surface area contributed by atoms with E-state index in [0.717, 1.165) is 0 Å². The molecular formula is C15H28O4Si. The van der Waals surface area contributed by atoms with Crippen LogP contribution in [-0.2, 0) is 18.9 Å². The Morgan fingerprint density at radius 2 is 1.70 bits per heavy atom. The van der Waals surface area contributed by atoms with E-state index >= 15 is 0 Å². The highest BCUT2D eigenvalue weighted by Crippen LogP contribution is 2.11. The van der Waals surface area contributed by atoms with Crippen LogP contribution in [0.5, 0.6) is 0 Å². The van der Waals surface area contributed by atoms with Crippen LogP contribution in [0.2, 0.25) is 19.6 Å². The summed E-state index contributed by atoms with van der Waals surface area (Å²) in [5, 5.41) is 0. The lowest BCUT2D eigenvalue weighted by Crippen LogP contribution is -2.23. The highest BCUT2D eigenvalue weighted by molar-refractivity contribution is 6.83. The zero-order valence-electron chi connectivity index (χ0n) is 13.4. The Labute approximate surface area is 124 Å². The van der Waals surface area contributed by atoms with Crippen molar-refractivity contribution in [3.8, 4) is 11.5 Å². The molecule has 0 rings (SSSR count). The molecule has 0 spiro atoms. The molecule has 0 saturated carbocycles. The SMILES string of the molecule is C=C[C@@H](C[C@@H](CC#C[Si](C)(C)C)OCOC)OCOC. The normalized spacial score (nSPS) is 14.2. The number of methoxy groups -OCH3 is 2. The number of ether oxygens (including phenoxy) is 4. The highest BCUT2D eigenvalue weighted by atomic mass is 28.3. The van der Waals surface area contributed by atoms with Crippen LogP contribution in [0.25, 0.3) is 0 Å². The fourth-order valence-corrected chi connectivity index (χ4v) is 2.08. The van der Waals surface area contributed by atoms with Crippen molar-refractivity contribution >= 4 is 8.07 Å². The summed E-state index contributed by atoms with van der Waals surface area (Å²) in [6.45, 7) is 10.9. The van der Waals surface area contributed by atoms with Gasteiger partial charge in [0.15, 0.2) is 0 Å². The van der Waals surface area contributed by atoms with Gasteiger partial charge < -0.3 is 18.9 Å². The summed E-state index contributed by atoms with van der Waals surface area (Å²) in [4.78, 5) is 0. The van der Waals surface area contributed by atoms with Crippen molar-refractivity contribution in [3.63, 3.8) is 0 Å². The second kappa shape index (κ2) is 11.1. The average molecular weight is 300 g/mol. The number of rotatable bonds is 10. The highest BCUT2D eigenvalue weighted by Gasteiger charge is 2.15. The van der Waals surface area contributed by atoms with Crippen molar-refractivity contribution < 1.29 is 18.9 Å². The molecule has 0 heterocycles. The van der Waals surface area contributed by atoms with Crippen LogP contribution >= 0.6 is 0 Å². The zero-order valence-corrected chi connectivity index (χ0v) is 14.4. The predicted octanol–water partition coefficient (Wildman–Crippen LogP) is 2.81. The molecular weight excluding hydrogens is 272 g/mol. The van der Waals surface area contributed by atoms with E-state index in [9.17, 15) is 0 Å². The maximum Gasteiger partial charge on any atom is 0.147 e. The van der Waals surface area contributed by atoms with Crippen molar-refractivity contribution in [1.29, 1.82) is 0 Å². The molecule has 0 bridgehead atoms. The standard InChI is InChI=1S/C15H28O4Si/c1-7-14(18-12-16-2)11-15(19-13-17-3)9-8-10-20(4,5)6/h7,14-15H,1,9,11-13H2,2-6H3/t14-,15+/m0/s1. The van der Waals surface area contributed by atoms with E-state index in [1.54, 1.807) is 20.3 Å². The van der Waals surface area contributed by atoms with Gasteiger partial charge >= 0.3 is 0 Å². The van der Waals surface area contributed by atoms with Gasteiger partial charge in [0, 0.05) is 27.1 Å². The molecule has 0 aliphatic carbocycles. The lowest BCUT2D eigenvalue weighted by molar-refractivity contribution is -0.102. The van der Waals surface area contributed by atoms with E-state index in [-0.39, 0.29) is 25.8 Å². The third-order valence-electron chi connectivity index (χ3n) is 2.37. The third kappa shape index (κ3) is 11.2. The quantitative estimate of drug-likeness (QED) is 0.269. The van der Waals surface area contributed by atoms with Gasteiger partial charge in [-0.25, -0.2) is 0 Å². The summed E-state index contributed by atoms with van der Waals surface area (Å²) in [5.74, 6) is 3.23. The van der Waals surface area contributed by atoms with E-state index in [2.05, 4.69) is 37.7 Å². The van der Waals surface area contributed by atoms with Gasteiger partial charge in [-0.05, 0) is 0 Å². The summed E-state index contributed by atoms with van der Waals surface area (Å²) in [7, 11) is 1.86. The number of hydrogen-bond acceptors (Lipinski definition) is 4. The second-order valence-corrected chi connectivity index (χ2v) is 10.3. The van der Waals surface area contributed by atoms with Crippen LogP contribution in [-0.4, -0.2) is 48.1 Å². The molecule has 0 radical (unpaired) electrons. The van der Waals surface area contributed by atoms with Gasteiger partial charge in [0.25, 0.3) is 0 Å². The molecule has 0 amide bonds. The van der Waals surface area contributed by atoms with E-state index in [4.69, 9.17) is 18.9 Å². The van der Waals surface area contributed by atoms with Crippen molar-refractivity contribution in [2.24, 2.45) is 0 Å². The monoisotopic (exact) mass is 300 g/mol. The molecule has 20 heavy (non-hydrogen) atoms. The van der Waals surface area contributed by atoms with Crippen LogP contribution in [0, 0.1) is 11.5 Å². The topological polar surface area (TPSA) is 36.9 Å². The molecule has 0 unspecified atom stereocenters. The van der Waals surface area contributed by atoms with Crippen molar-refractivity contribution in [2.75, 3.05) is 27.8 Å². The zero-order chi connectivity index (χ0) is 15.4. The Morgan fingerprint density at radius 1 is 1.10 bits per heavy atom. The summed E-state index contributed by atoms with van der Waals surface area (Å²) in [6.07, 6.45) is 2.99. The van der Waals surface area contributed by atoms with Crippen molar-refractivity contribution in [1.82, 2.24) is 0 Å². The van der Waals surface area contributed by atoms with E-state index in [0.29, 0.717) is 12.8 Å². The average Bonchev–Trinajstić information content (AvgIpc) is 2.38. The largest absolute Gasteiger partial charge is 0.359 e. The summed E-state index contributed by atoms with van der Waals surface area (Å²) < 4.78 is 21.0. The number of hydrogen-bond donors (Lipinski definition) is 0. The summed E-state index contributed by atoms with van der Waals surface area (Å²) >= 11 is 0. The molecule has 0 aromatic heterocycles. The van der Waals surface area contributed by atoms with Gasteiger partial charge in [0.05, 0.1) is 12.2 Å².